The van der Waals surface area contributed by atoms with Crippen LogP contribution in [0.4, 0.5) is 11.4 Å². The molecular formula is C15H15ClN2O2S. The van der Waals surface area contributed by atoms with E-state index in [0.29, 0.717) is 5.56 Å². The molecule has 1 unspecified atom stereocenters. The summed E-state index contributed by atoms with van der Waals surface area (Å²) >= 11 is 7.50. The van der Waals surface area contributed by atoms with Crippen molar-refractivity contribution in [1.29, 1.82) is 0 Å². The quantitative estimate of drug-likeness (QED) is 0.944. The molecular weight excluding hydrogens is 308 g/mol. The number of anilines is 2. The van der Waals surface area contributed by atoms with Crippen molar-refractivity contribution in [3.8, 4) is 0 Å². The highest BCUT2D eigenvalue weighted by Gasteiger charge is 2.33. The Labute approximate surface area is 132 Å². The van der Waals surface area contributed by atoms with Crippen molar-refractivity contribution in [2.75, 3.05) is 23.9 Å². The van der Waals surface area contributed by atoms with Crippen LogP contribution in [0, 0.1) is 0 Å². The fourth-order valence-electron chi connectivity index (χ4n) is 2.49. The molecule has 6 heteroatoms. The first-order chi connectivity index (χ1) is 9.97. The van der Waals surface area contributed by atoms with Crippen molar-refractivity contribution in [3.63, 3.8) is 0 Å². The van der Waals surface area contributed by atoms with Crippen LogP contribution in [-0.2, 0) is 11.3 Å². The van der Waals surface area contributed by atoms with Gasteiger partial charge in [0.2, 0.25) is 0 Å². The molecule has 1 amide bonds. The molecule has 0 spiro atoms. The number of benzene rings is 1. The number of aliphatic hydroxyl groups is 1. The van der Waals surface area contributed by atoms with E-state index >= 15 is 0 Å². The number of thiophene rings is 1. The molecule has 0 aliphatic carbocycles. The van der Waals surface area contributed by atoms with E-state index in [1.807, 2.05) is 37.4 Å². The van der Waals surface area contributed by atoms with Gasteiger partial charge in [-0.05, 0) is 24.3 Å². The van der Waals surface area contributed by atoms with Gasteiger partial charge in [-0.15, -0.1) is 11.3 Å². The first kappa shape index (κ1) is 14.4. The normalized spacial score (nSPS) is 17.2. The van der Waals surface area contributed by atoms with Gasteiger partial charge in [0.25, 0.3) is 5.91 Å². The lowest BCUT2D eigenvalue weighted by Gasteiger charge is -2.20. The predicted molar refractivity (Wildman–Crippen MR) is 86.2 cm³/mol. The van der Waals surface area contributed by atoms with Crippen LogP contribution >= 0.6 is 22.9 Å². The first-order valence-electron chi connectivity index (χ1n) is 6.52. The van der Waals surface area contributed by atoms with Gasteiger partial charge in [0.05, 0.1) is 16.6 Å². The summed E-state index contributed by atoms with van der Waals surface area (Å²) in [5.74, 6) is -0.283. The van der Waals surface area contributed by atoms with Gasteiger partial charge >= 0.3 is 0 Å². The zero-order valence-corrected chi connectivity index (χ0v) is 13.3. The highest BCUT2D eigenvalue weighted by molar-refractivity contribution is 7.16. The molecule has 0 saturated heterocycles. The molecule has 1 aliphatic rings. The fraction of sp³-hybridized carbons (Fsp3) is 0.267. The lowest BCUT2D eigenvalue weighted by atomic mass is 10.1. The molecule has 1 aromatic heterocycles. The Morgan fingerprint density at radius 1 is 1.38 bits per heavy atom. The zero-order valence-electron chi connectivity index (χ0n) is 11.7. The topological polar surface area (TPSA) is 43.8 Å². The summed E-state index contributed by atoms with van der Waals surface area (Å²) in [7, 11) is 3.67. The molecule has 2 heterocycles. The van der Waals surface area contributed by atoms with Crippen molar-refractivity contribution >= 4 is 40.2 Å². The van der Waals surface area contributed by atoms with Crippen LogP contribution in [0.2, 0.25) is 4.34 Å². The monoisotopic (exact) mass is 322 g/mol. The van der Waals surface area contributed by atoms with Crippen molar-refractivity contribution in [2.45, 2.75) is 12.6 Å². The summed E-state index contributed by atoms with van der Waals surface area (Å²) in [6.45, 7) is 0.746. The molecule has 1 aromatic carbocycles. The molecule has 4 nitrogen and oxygen atoms in total. The van der Waals surface area contributed by atoms with Crippen molar-refractivity contribution in [1.82, 2.24) is 0 Å². The van der Waals surface area contributed by atoms with Gasteiger partial charge in [0.15, 0.2) is 6.10 Å². The average Bonchev–Trinajstić information content (AvgIpc) is 2.97. The van der Waals surface area contributed by atoms with E-state index in [-0.39, 0.29) is 5.91 Å². The maximum absolute atomic E-state index is 11.8. The van der Waals surface area contributed by atoms with Crippen LogP contribution in [0.1, 0.15) is 16.5 Å². The summed E-state index contributed by atoms with van der Waals surface area (Å²) in [5, 5.41) is 9.87. The number of nitrogens with zero attached hydrogens (tertiary/aromatic N) is 2. The maximum Gasteiger partial charge on any atom is 0.260 e. The van der Waals surface area contributed by atoms with Crippen LogP contribution in [0.15, 0.2) is 30.3 Å². The Morgan fingerprint density at radius 2 is 2.14 bits per heavy atom. The van der Waals surface area contributed by atoms with E-state index in [1.165, 1.54) is 9.78 Å². The van der Waals surface area contributed by atoms with Crippen LogP contribution in [0.5, 0.6) is 0 Å². The maximum atomic E-state index is 11.8. The Kier molecular flexibility index (Phi) is 3.65. The van der Waals surface area contributed by atoms with Crippen LogP contribution in [-0.4, -0.2) is 25.1 Å². The number of carbonyl (C=O) groups is 1. The minimum atomic E-state index is -1.04. The van der Waals surface area contributed by atoms with Gasteiger partial charge in [-0.2, -0.15) is 0 Å². The summed E-state index contributed by atoms with van der Waals surface area (Å²) in [4.78, 5) is 16.5. The van der Waals surface area contributed by atoms with E-state index < -0.39 is 6.10 Å². The van der Waals surface area contributed by atoms with Gasteiger partial charge in [-0.3, -0.25) is 4.79 Å². The Balaban J connectivity index is 1.86. The molecule has 0 saturated carbocycles. The van der Waals surface area contributed by atoms with E-state index in [9.17, 15) is 9.90 Å². The third-order valence-corrected chi connectivity index (χ3v) is 4.91. The molecule has 0 radical (unpaired) electrons. The van der Waals surface area contributed by atoms with E-state index in [1.54, 1.807) is 18.4 Å². The van der Waals surface area contributed by atoms with Crippen molar-refractivity contribution < 1.29 is 9.90 Å². The number of amides is 1. The van der Waals surface area contributed by atoms with Crippen molar-refractivity contribution in [3.05, 3.63) is 45.1 Å². The fourth-order valence-corrected chi connectivity index (χ4v) is 3.63. The second-order valence-corrected chi connectivity index (χ2v) is 6.90. The lowest BCUT2D eigenvalue weighted by Crippen LogP contribution is -2.23. The number of likely N-dealkylation sites (N-methyl/N-ethyl adjacent to an activating group) is 1. The molecule has 2 aromatic rings. The number of carbonyl (C=O) groups excluding carboxylic acids is 1. The third-order valence-electron chi connectivity index (χ3n) is 3.70. The highest BCUT2D eigenvalue weighted by Crippen LogP contribution is 2.37. The zero-order chi connectivity index (χ0) is 15.1. The second-order valence-electron chi connectivity index (χ2n) is 5.10. The molecule has 1 atom stereocenters. The molecule has 0 bridgehead atoms. The Morgan fingerprint density at radius 3 is 2.81 bits per heavy atom. The van der Waals surface area contributed by atoms with E-state index in [0.717, 1.165) is 22.3 Å². The molecule has 1 aliphatic heterocycles. The lowest BCUT2D eigenvalue weighted by molar-refractivity contribution is -0.125. The number of hydrogen-bond donors (Lipinski definition) is 1. The summed E-state index contributed by atoms with van der Waals surface area (Å²) in [5.41, 5.74) is 2.42. The molecule has 110 valence electrons. The molecule has 1 N–H and O–H groups in total. The second kappa shape index (κ2) is 5.33. The largest absolute Gasteiger partial charge is 0.378 e. The van der Waals surface area contributed by atoms with Gasteiger partial charge in [-0.25, -0.2) is 0 Å². The number of aliphatic hydroxyl groups excluding tert-OH is 1. The predicted octanol–water partition coefficient (Wildman–Crippen LogP) is 3.05. The van der Waals surface area contributed by atoms with Gasteiger partial charge < -0.3 is 14.9 Å². The minimum absolute atomic E-state index is 0.283. The van der Waals surface area contributed by atoms with Crippen molar-refractivity contribution in [2.24, 2.45) is 0 Å². The molecule has 21 heavy (non-hydrogen) atoms. The summed E-state index contributed by atoms with van der Waals surface area (Å²) < 4.78 is 0.779. The SMILES string of the molecule is CN(Cc1ccc(Cl)s1)c1ccc2c(c1)N(C)C(=O)C2O. The molecule has 0 fully saturated rings. The van der Waals surface area contributed by atoms with Gasteiger partial charge in [0.1, 0.15) is 0 Å². The Bertz CT molecular complexity index is 701. The minimum Gasteiger partial charge on any atom is -0.378 e. The summed E-state index contributed by atoms with van der Waals surface area (Å²) in [6.07, 6.45) is -1.04. The van der Waals surface area contributed by atoms with Gasteiger partial charge in [-0.1, -0.05) is 17.7 Å². The standard InChI is InChI=1S/C15H15ClN2O2S/c1-17(8-10-4-6-13(16)21-10)9-3-5-11-12(7-9)18(2)15(20)14(11)19/h3-7,14,19H,8H2,1-2H3. The van der Waals surface area contributed by atoms with E-state index in [2.05, 4.69) is 4.90 Å². The van der Waals surface area contributed by atoms with Crippen LogP contribution < -0.4 is 9.80 Å². The van der Waals surface area contributed by atoms with Crippen LogP contribution in [0.25, 0.3) is 0 Å². The number of rotatable bonds is 3. The number of hydrogen-bond acceptors (Lipinski definition) is 4. The van der Waals surface area contributed by atoms with Crippen LogP contribution in [0.3, 0.4) is 0 Å². The number of halogens is 1. The van der Waals surface area contributed by atoms with Gasteiger partial charge in [0, 0.05) is 30.2 Å². The Hall–Kier alpha value is -1.56. The summed E-state index contributed by atoms with van der Waals surface area (Å²) in [6, 6.07) is 9.56. The molecule has 3 rings (SSSR count). The third kappa shape index (κ3) is 2.52. The number of fused-ring (bicyclic) bond motifs is 1. The highest BCUT2D eigenvalue weighted by atomic mass is 35.5. The van der Waals surface area contributed by atoms with E-state index in [4.69, 9.17) is 11.6 Å². The average molecular weight is 323 g/mol. The smallest absolute Gasteiger partial charge is 0.260 e. The first-order valence-corrected chi connectivity index (χ1v) is 7.72.